The summed E-state index contributed by atoms with van der Waals surface area (Å²) < 4.78 is 6.48. The number of hydrogen-bond acceptors (Lipinski definition) is 2. The summed E-state index contributed by atoms with van der Waals surface area (Å²) in [5, 5.41) is 0.711. The van der Waals surface area contributed by atoms with E-state index in [4.69, 9.17) is 21.3 Å². The van der Waals surface area contributed by atoms with Crippen LogP contribution in [0.3, 0.4) is 0 Å². The Hall–Kier alpha value is -2.84. The molecular weight excluding hydrogens is 366 g/mol. The Morgan fingerprint density at radius 3 is 2.07 bits per heavy atom. The lowest BCUT2D eigenvalue weighted by Crippen LogP contribution is -2.25. The highest BCUT2D eigenvalue weighted by atomic mass is 35.5. The third kappa shape index (κ3) is 3.61. The van der Waals surface area contributed by atoms with Crippen molar-refractivity contribution in [2.24, 2.45) is 10.4 Å². The summed E-state index contributed by atoms with van der Waals surface area (Å²) in [5.41, 5.74) is 4.88. The molecule has 140 valence electrons. The highest BCUT2D eigenvalue weighted by molar-refractivity contribution is 6.30. The normalized spacial score (nSPS) is 15.4. The molecule has 0 bridgehead atoms. The Kier molecular flexibility index (Phi) is 4.82. The van der Waals surface area contributed by atoms with Crippen molar-refractivity contribution >= 4 is 34.5 Å². The van der Waals surface area contributed by atoms with E-state index in [1.807, 2.05) is 60.7 Å². The summed E-state index contributed by atoms with van der Waals surface area (Å²) in [4.78, 5) is 4.79. The monoisotopic (exact) mass is 387 g/mol. The van der Waals surface area contributed by atoms with E-state index in [9.17, 15) is 0 Å². The van der Waals surface area contributed by atoms with Crippen LogP contribution in [0.1, 0.15) is 37.5 Å². The highest BCUT2D eigenvalue weighted by Crippen LogP contribution is 2.42. The predicted molar refractivity (Wildman–Crippen MR) is 118 cm³/mol. The first-order valence-electron chi connectivity index (χ1n) is 9.35. The van der Waals surface area contributed by atoms with E-state index in [0.717, 1.165) is 33.7 Å². The third-order valence-corrected chi connectivity index (χ3v) is 4.89. The molecule has 0 fully saturated rings. The summed E-state index contributed by atoms with van der Waals surface area (Å²) in [7, 11) is 0. The molecule has 3 aromatic carbocycles. The van der Waals surface area contributed by atoms with E-state index in [0.29, 0.717) is 10.9 Å². The first-order chi connectivity index (χ1) is 13.4. The molecule has 4 rings (SSSR count). The molecule has 0 aromatic heterocycles. The molecule has 2 nitrogen and oxygen atoms in total. The van der Waals surface area contributed by atoms with Crippen LogP contribution in [0, 0.1) is 5.41 Å². The molecule has 0 aliphatic carbocycles. The molecule has 0 amide bonds. The van der Waals surface area contributed by atoms with Gasteiger partial charge in [-0.05, 0) is 35.4 Å². The number of aliphatic imine (C=N–C) groups is 1. The number of hydrogen-bond donors (Lipinski definition) is 0. The van der Waals surface area contributed by atoms with Crippen molar-refractivity contribution in [3.63, 3.8) is 0 Å². The number of rotatable bonds is 2. The van der Waals surface area contributed by atoms with Gasteiger partial charge < -0.3 is 4.74 Å². The zero-order chi connectivity index (χ0) is 19.7. The topological polar surface area (TPSA) is 21.6 Å². The van der Waals surface area contributed by atoms with Crippen molar-refractivity contribution in [3.8, 4) is 0 Å². The Balaban J connectivity index is 2.03. The van der Waals surface area contributed by atoms with Gasteiger partial charge in [-0.25, -0.2) is 4.99 Å². The van der Waals surface area contributed by atoms with Crippen LogP contribution in [0.5, 0.6) is 0 Å². The summed E-state index contributed by atoms with van der Waals surface area (Å²) in [6.07, 6.45) is 0. The molecule has 1 aliphatic heterocycles. The minimum absolute atomic E-state index is 0.208. The van der Waals surface area contributed by atoms with Gasteiger partial charge >= 0.3 is 0 Å². The first kappa shape index (κ1) is 18.5. The molecule has 0 spiro atoms. The molecule has 1 aliphatic rings. The van der Waals surface area contributed by atoms with Gasteiger partial charge in [-0.2, -0.15) is 0 Å². The number of nitrogens with zero attached hydrogens (tertiary/aromatic N) is 1. The average molecular weight is 388 g/mol. The van der Waals surface area contributed by atoms with Crippen molar-refractivity contribution in [2.45, 2.75) is 20.8 Å². The van der Waals surface area contributed by atoms with E-state index in [1.54, 1.807) is 0 Å². The SMILES string of the molecule is CC(C)(C)C1=Nc2ccccc2C(=C(c2ccccc2)c2ccc(Cl)cc2)O1. The molecule has 3 aromatic rings. The Morgan fingerprint density at radius 2 is 1.39 bits per heavy atom. The average Bonchev–Trinajstić information content (AvgIpc) is 2.69. The number of ether oxygens (including phenoxy) is 1. The van der Waals surface area contributed by atoms with Gasteiger partial charge in [-0.15, -0.1) is 0 Å². The second-order valence-corrected chi connectivity index (χ2v) is 8.30. The maximum atomic E-state index is 6.48. The molecule has 3 heteroatoms. The van der Waals surface area contributed by atoms with Gasteiger partial charge in [0, 0.05) is 21.6 Å². The molecule has 0 saturated heterocycles. The zero-order valence-electron chi connectivity index (χ0n) is 16.2. The van der Waals surface area contributed by atoms with Gasteiger partial charge in [0.2, 0.25) is 5.90 Å². The Bertz CT molecular complexity index is 1060. The van der Waals surface area contributed by atoms with Crippen LogP contribution in [-0.4, -0.2) is 5.90 Å². The number of fused-ring (bicyclic) bond motifs is 1. The zero-order valence-corrected chi connectivity index (χ0v) is 17.0. The fraction of sp³-hybridized carbons (Fsp3) is 0.160. The first-order valence-corrected chi connectivity index (χ1v) is 9.73. The van der Waals surface area contributed by atoms with Gasteiger partial charge in [0.1, 0.15) is 5.76 Å². The summed E-state index contributed by atoms with van der Waals surface area (Å²) >= 11 is 6.15. The fourth-order valence-electron chi connectivity index (χ4n) is 3.20. The van der Waals surface area contributed by atoms with Crippen LogP contribution < -0.4 is 0 Å². The summed E-state index contributed by atoms with van der Waals surface area (Å²) in [5.74, 6) is 1.53. The maximum absolute atomic E-state index is 6.48. The minimum Gasteiger partial charge on any atom is -0.441 e. The third-order valence-electron chi connectivity index (χ3n) is 4.63. The highest BCUT2D eigenvalue weighted by Gasteiger charge is 2.30. The summed E-state index contributed by atoms with van der Waals surface area (Å²) in [6.45, 7) is 6.34. The fourth-order valence-corrected chi connectivity index (χ4v) is 3.33. The molecule has 28 heavy (non-hydrogen) atoms. The van der Waals surface area contributed by atoms with Crippen molar-refractivity contribution in [2.75, 3.05) is 0 Å². The van der Waals surface area contributed by atoms with Crippen LogP contribution in [0.2, 0.25) is 5.02 Å². The van der Waals surface area contributed by atoms with Crippen LogP contribution in [-0.2, 0) is 4.74 Å². The lowest BCUT2D eigenvalue weighted by Gasteiger charge is -2.29. The lowest BCUT2D eigenvalue weighted by atomic mass is 9.91. The second-order valence-electron chi connectivity index (χ2n) is 7.86. The van der Waals surface area contributed by atoms with Crippen molar-refractivity contribution in [3.05, 3.63) is 101 Å². The van der Waals surface area contributed by atoms with E-state index >= 15 is 0 Å². The van der Waals surface area contributed by atoms with Crippen LogP contribution in [0.15, 0.2) is 83.9 Å². The predicted octanol–water partition coefficient (Wildman–Crippen LogP) is 7.36. The standard InChI is InChI=1S/C25H22ClNO/c1-25(2,3)24-27-21-12-8-7-11-20(21)23(28-24)22(17-9-5-4-6-10-17)18-13-15-19(26)16-14-18/h4-16H,1-3H3. The Morgan fingerprint density at radius 1 is 0.786 bits per heavy atom. The van der Waals surface area contributed by atoms with Crippen LogP contribution in [0.25, 0.3) is 11.3 Å². The minimum atomic E-state index is -0.208. The van der Waals surface area contributed by atoms with Crippen LogP contribution in [0.4, 0.5) is 5.69 Å². The number of para-hydroxylation sites is 1. The van der Waals surface area contributed by atoms with Crippen molar-refractivity contribution < 1.29 is 4.74 Å². The lowest BCUT2D eigenvalue weighted by molar-refractivity contribution is 0.403. The van der Waals surface area contributed by atoms with Crippen molar-refractivity contribution in [1.82, 2.24) is 0 Å². The van der Waals surface area contributed by atoms with Gasteiger partial charge in [0.05, 0.1) is 5.69 Å². The molecule has 0 atom stereocenters. The molecule has 0 saturated carbocycles. The van der Waals surface area contributed by atoms with Gasteiger partial charge in [-0.3, -0.25) is 0 Å². The van der Waals surface area contributed by atoms with E-state index < -0.39 is 0 Å². The largest absolute Gasteiger partial charge is 0.441 e. The molecule has 0 radical (unpaired) electrons. The van der Waals surface area contributed by atoms with Gasteiger partial charge in [-0.1, -0.05) is 87.0 Å². The molecule has 1 heterocycles. The quantitative estimate of drug-likeness (QED) is 0.450. The second kappa shape index (κ2) is 7.29. The summed E-state index contributed by atoms with van der Waals surface area (Å²) in [6, 6.07) is 26.3. The molecular formula is C25H22ClNO. The van der Waals surface area contributed by atoms with Gasteiger partial charge in [0.15, 0.2) is 0 Å². The van der Waals surface area contributed by atoms with E-state index in [2.05, 4.69) is 39.0 Å². The van der Waals surface area contributed by atoms with Crippen LogP contribution >= 0.6 is 11.6 Å². The smallest absolute Gasteiger partial charge is 0.200 e. The molecule has 0 unspecified atom stereocenters. The number of benzene rings is 3. The van der Waals surface area contributed by atoms with Crippen molar-refractivity contribution in [1.29, 1.82) is 0 Å². The van der Waals surface area contributed by atoms with Gasteiger partial charge in [0.25, 0.3) is 0 Å². The maximum Gasteiger partial charge on any atom is 0.200 e. The van der Waals surface area contributed by atoms with E-state index in [-0.39, 0.29) is 5.41 Å². The van der Waals surface area contributed by atoms with E-state index in [1.165, 1.54) is 0 Å². The molecule has 0 N–H and O–H groups in total. The Labute approximate surface area is 171 Å². The number of halogens is 1.